The van der Waals surface area contributed by atoms with Crippen LogP contribution in [0.25, 0.3) is 20.9 Å². The number of carbonyl (C=O) groups excluding carboxylic acids is 2. The second-order valence-corrected chi connectivity index (χ2v) is 37.7. The molecule has 6 aromatic rings. The molecule has 2 aliphatic rings. The van der Waals surface area contributed by atoms with Gasteiger partial charge in [-0.2, -0.15) is 0 Å². The fourth-order valence-corrected chi connectivity index (χ4v) is 12.1. The summed E-state index contributed by atoms with van der Waals surface area (Å²) in [6, 6.07) is 38.7. The monoisotopic (exact) mass is 1740 g/mol. The van der Waals surface area contributed by atoms with Crippen molar-refractivity contribution in [3.8, 4) is 34.5 Å². The van der Waals surface area contributed by atoms with Crippen LogP contribution in [0.15, 0.2) is 138 Å². The molecule has 6 aromatic carbocycles. The molecule has 0 amide bonds. The van der Waals surface area contributed by atoms with E-state index in [1.165, 1.54) is 85.7 Å². The Hall–Kier alpha value is -8.94. The minimum Gasteiger partial charge on any atom is -0.496 e. The SMILES string of the molecule is CC(C)(C)c1ccc(OCCN=[N+]=[N-])cc1.CC(C)(C)c1ccc(OCCOCCOCCN=[N+]=[N-])cc1.CC(C)[C@H](N)C(=O)OC[C@@H](C)Oc1ccc(C(C)(C)C)cc1F.CC(C)[C@H](N)C(=O)OC[C@H](C)Oc1ccc(C(C)(C)C)cc1F.COc1cc(N2CCC(N3CCN(C)CC3)CC2)ccc1C(C)(C)C.[2H]C([2H])([2H])OC([2H])([2H])C([2H])([2H])Oc1ccc(C(C)(C)C)cc1. The minimum atomic E-state index is -3.14. The van der Waals surface area contributed by atoms with Crippen molar-refractivity contribution in [2.75, 3.05) is 144 Å². The Kier molecular flexibility index (Phi) is 42.5. The molecule has 2 saturated heterocycles. The van der Waals surface area contributed by atoms with Gasteiger partial charge in [0.2, 0.25) is 0 Å². The molecule has 0 saturated carbocycles. The second kappa shape index (κ2) is 54.2. The predicted octanol–water partition coefficient (Wildman–Crippen LogP) is 20.4. The number of halogens is 2. The van der Waals surface area contributed by atoms with E-state index in [1.807, 2.05) is 126 Å². The number of rotatable bonds is 33. The smallest absolute Gasteiger partial charge is 0.323 e. The van der Waals surface area contributed by atoms with E-state index in [-0.39, 0.29) is 74.8 Å². The van der Waals surface area contributed by atoms with Crippen LogP contribution in [0.5, 0.6) is 34.5 Å². The molecule has 0 radical (unpaired) electrons. The molecular formula is C98H153F2N11O13. The van der Waals surface area contributed by atoms with Crippen molar-refractivity contribution in [2.24, 2.45) is 33.5 Å². The third-order valence-electron chi connectivity index (χ3n) is 20.2. The first-order valence-corrected chi connectivity index (χ1v) is 42.9. The Balaban J connectivity index is 0.000000407. The van der Waals surface area contributed by atoms with Gasteiger partial charge in [0.05, 0.1) is 62.8 Å². The van der Waals surface area contributed by atoms with E-state index < -0.39 is 68.0 Å². The average Bonchev–Trinajstić information content (AvgIpc) is 0.795. The molecule has 2 fully saturated rings. The standard InChI is InChI=1S/C21H35N3O.2C18H28FNO3.C16H25N3O3.C13H20O2.C12H17N3O/c1-21(2,3)19-7-6-18(16-20(19)25-5)23-10-8-17(9-11-23)24-14-12-22(4)13-15-24;2*1-11(2)16(20)17(21)22-10-12(3)23-15-8-7-13(9-14(15)19)18(4,5)6;1-16(2,3)14-4-6-15(7-5-14)22-13-12-21-11-10-20-9-8-18-19-17;1-13(2,3)11-5-7-12(8-6-11)15-10-9-14-4;1-12(2,3)10-4-6-11(7-5-10)16-9-8-14-15-13/h6-7,16-17H,8-15H2,1-5H3;2*7-9,11-12,16H,10,20H2,1-6H3;4-7H,8-13H2,1-3H3;5-8H,9-10H2,1-4H3;4-7H,8-9H2,1-3H3/t;12-,16+;12-,16-;;;/m.10.../s1/i;;;;4D3,9D2,10D2;. The number of nitrogens with two attached hydrogens (primary N) is 2. The maximum atomic E-state index is 14.1. The zero-order valence-electron chi connectivity index (χ0n) is 86.1. The number of anilines is 1. The van der Waals surface area contributed by atoms with Gasteiger partial charge in [-0.3, -0.25) is 14.5 Å². The van der Waals surface area contributed by atoms with Gasteiger partial charge >= 0.3 is 11.9 Å². The van der Waals surface area contributed by atoms with Crippen LogP contribution < -0.4 is 44.8 Å². The topological polar surface area (TPSA) is 295 Å². The molecular weight excluding hydrogens is 1580 g/mol. The number of azide groups is 2. The van der Waals surface area contributed by atoms with Crippen molar-refractivity contribution in [3.05, 3.63) is 193 Å². The average molecular weight is 1740 g/mol. The number of hydrogen-bond acceptors (Lipinski definition) is 20. The highest BCUT2D eigenvalue weighted by Crippen LogP contribution is 2.37. The third-order valence-corrected chi connectivity index (χ3v) is 20.2. The van der Waals surface area contributed by atoms with Crippen LogP contribution in [-0.2, 0) is 65.8 Å². The first kappa shape index (κ1) is 97.3. The number of nitrogens with zero attached hydrogens (tertiary/aromatic N) is 9. The summed E-state index contributed by atoms with van der Waals surface area (Å²) in [5.41, 5.74) is 35.6. The normalized spacial score (nSPS) is 15.6. The Labute approximate surface area is 751 Å². The van der Waals surface area contributed by atoms with Crippen LogP contribution in [0.2, 0.25) is 0 Å². The van der Waals surface area contributed by atoms with Crippen molar-refractivity contribution in [1.29, 1.82) is 0 Å². The Morgan fingerprint density at radius 3 is 1.23 bits per heavy atom. The number of hydrogen-bond donors (Lipinski definition) is 2. The van der Waals surface area contributed by atoms with E-state index >= 15 is 0 Å². The van der Waals surface area contributed by atoms with E-state index in [0.29, 0.717) is 52.7 Å². The Morgan fingerprint density at radius 2 is 0.863 bits per heavy atom. The van der Waals surface area contributed by atoms with Crippen LogP contribution in [-0.4, -0.2) is 192 Å². The summed E-state index contributed by atoms with van der Waals surface area (Å²) in [7, 11) is 0.943. The van der Waals surface area contributed by atoms with Gasteiger partial charge < -0.3 is 73.4 Å². The fourth-order valence-electron chi connectivity index (χ4n) is 12.1. The molecule has 2 heterocycles. The molecule has 124 heavy (non-hydrogen) atoms. The highest BCUT2D eigenvalue weighted by molar-refractivity contribution is 5.76. The summed E-state index contributed by atoms with van der Waals surface area (Å²) in [5.74, 6) is 1.26. The van der Waals surface area contributed by atoms with Crippen molar-refractivity contribution < 1.29 is 80.1 Å². The number of piperazine rings is 1. The Morgan fingerprint density at radius 1 is 0.484 bits per heavy atom. The Bertz CT molecular complexity index is 4350. The summed E-state index contributed by atoms with van der Waals surface area (Å²) >= 11 is 0. The van der Waals surface area contributed by atoms with Crippen molar-refractivity contribution in [2.45, 2.75) is 242 Å². The highest BCUT2D eigenvalue weighted by atomic mass is 19.1. The molecule has 0 bridgehead atoms. The number of ether oxygens (including phenoxy) is 11. The van der Waals surface area contributed by atoms with Crippen LogP contribution in [0, 0.1) is 23.5 Å². The maximum Gasteiger partial charge on any atom is 0.323 e. The van der Waals surface area contributed by atoms with Crippen LogP contribution >= 0.6 is 0 Å². The largest absolute Gasteiger partial charge is 0.496 e. The predicted molar refractivity (Wildman–Crippen MR) is 497 cm³/mol. The molecule has 4 N–H and O–H groups in total. The number of likely N-dealkylation sites (N-methyl/N-ethyl adjacent to an activating group) is 1. The zero-order chi connectivity index (χ0) is 99.3. The van der Waals surface area contributed by atoms with Crippen molar-refractivity contribution in [3.63, 3.8) is 0 Å². The van der Waals surface area contributed by atoms with Gasteiger partial charge in [0.25, 0.3) is 0 Å². The third kappa shape index (κ3) is 42.4. The maximum absolute atomic E-state index is 14.1. The second-order valence-electron chi connectivity index (χ2n) is 37.7. The quantitative estimate of drug-likeness (QED) is 0.0127. The fraction of sp³-hybridized carbons (Fsp3) is 0.612. The highest BCUT2D eigenvalue weighted by Gasteiger charge is 2.30. The van der Waals surface area contributed by atoms with Gasteiger partial charge in [0.1, 0.15) is 73.7 Å². The minimum absolute atomic E-state index is 0.00103. The van der Waals surface area contributed by atoms with E-state index in [2.05, 4.69) is 151 Å². The lowest BCUT2D eigenvalue weighted by atomic mass is 9.86. The van der Waals surface area contributed by atoms with Crippen LogP contribution in [0.3, 0.4) is 0 Å². The summed E-state index contributed by atoms with van der Waals surface area (Å²) in [6.07, 6.45) is 1.61. The molecule has 24 nitrogen and oxygen atoms in total. The summed E-state index contributed by atoms with van der Waals surface area (Å²) in [6.45, 7) is 53.5. The lowest BCUT2D eigenvalue weighted by molar-refractivity contribution is -0.149. The van der Waals surface area contributed by atoms with Crippen LogP contribution in [0.4, 0.5) is 14.5 Å². The molecule has 0 aromatic heterocycles. The number of methoxy groups -OCH3 is 2. The molecule has 692 valence electrons. The lowest BCUT2D eigenvalue weighted by Gasteiger charge is -2.42. The number of carbonyl (C=O) groups is 2. The molecule has 4 atom stereocenters. The van der Waals surface area contributed by atoms with Gasteiger partial charge in [0.15, 0.2) is 23.1 Å². The summed E-state index contributed by atoms with van der Waals surface area (Å²) in [5, 5.41) is 6.77. The van der Waals surface area contributed by atoms with Gasteiger partial charge in [-0.15, -0.1) is 0 Å². The molecule has 8 rings (SSSR count). The molecule has 0 aliphatic carbocycles. The molecule has 2 aliphatic heterocycles. The van der Waals surface area contributed by atoms with Crippen LogP contribution in [0.1, 0.15) is 222 Å². The van der Waals surface area contributed by atoms with Gasteiger partial charge in [-0.1, -0.05) is 217 Å². The van der Waals surface area contributed by atoms with Crippen molar-refractivity contribution in [1.82, 2.24) is 9.80 Å². The van der Waals surface area contributed by atoms with Gasteiger partial charge in [-0.05, 0) is 189 Å². The first-order chi connectivity index (χ1) is 60.6. The van der Waals surface area contributed by atoms with E-state index in [4.69, 9.17) is 79.5 Å². The number of piperidine rings is 1. The number of benzene rings is 6. The summed E-state index contributed by atoms with van der Waals surface area (Å²) in [4.78, 5) is 36.3. The number of esters is 2. The lowest BCUT2D eigenvalue weighted by Crippen LogP contribution is -2.52. The molecule has 0 unspecified atom stereocenters. The van der Waals surface area contributed by atoms with Gasteiger partial charge in [-0.25, -0.2) is 8.78 Å². The van der Waals surface area contributed by atoms with E-state index in [1.54, 1.807) is 45.2 Å². The van der Waals surface area contributed by atoms with E-state index in [0.717, 1.165) is 53.1 Å². The first-order valence-electron chi connectivity index (χ1n) is 46.4. The van der Waals surface area contributed by atoms with Crippen molar-refractivity contribution >= 4 is 17.6 Å². The van der Waals surface area contributed by atoms with E-state index in [9.17, 15) is 18.4 Å². The molecule has 26 heteroatoms. The molecule has 0 spiro atoms. The summed E-state index contributed by atoms with van der Waals surface area (Å²) < 4.78 is 137. The zero-order valence-corrected chi connectivity index (χ0v) is 79.1. The van der Waals surface area contributed by atoms with Gasteiger partial charge in [0, 0.05) is 80.5 Å².